The lowest BCUT2D eigenvalue weighted by atomic mass is 10.2. The van der Waals surface area contributed by atoms with E-state index in [1.54, 1.807) is 12.3 Å². The zero-order chi connectivity index (χ0) is 16.3. The first-order chi connectivity index (χ1) is 11.1. The van der Waals surface area contributed by atoms with Gasteiger partial charge in [-0.25, -0.2) is 9.97 Å². The fourth-order valence-corrected chi connectivity index (χ4v) is 2.42. The number of aromatic nitrogens is 2. The van der Waals surface area contributed by atoms with Crippen LogP contribution in [0.2, 0.25) is 0 Å². The molecule has 1 aliphatic rings. The van der Waals surface area contributed by atoms with Crippen LogP contribution in [0.5, 0.6) is 5.75 Å². The minimum atomic E-state index is -0.563. The van der Waals surface area contributed by atoms with E-state index in [2.05, 4.69) is 9.97 Å². The zero-order valence-electron chi connectivity index (χ0n) is 13.2. The van der Waals surface area contributed by atoms with Crippen LogP contribution in [0.15, 0.2) is 36.5 Å². The largest absolute Gasteiger partial charge is 0.490 e. The summed E-state index contributed by atoms with van der Waals surface area (Å²) in [5.41, 5.74) is 1.35. The van der Waals surface area contributed by atoms with Crippen LogP contribution in [-0.4, -0.2) is 40.2 Å². The lowest BCUT2D eigenvalue weighted by Crippen LogP contribution is -2.25. The van der Waals surface area contributed by atoms with Gasteiger partial charge in [0.05, 0.1) is 24.5 Å². The molecule has 23 heavy (non-hydrogen) atoms. The summed E-state index contributed by atoms with van der Waals surface area (Å²) in [6.45, 7) is 4.54. The molecular formula is C17H20N2O4. The zero-order valence-corrected chi connectivity index (χ0v) is 13.2. The first-order valence-corrected chi connectivity index (χ1v) is 7.54. The fourth-order valence-electron chi connectivity index (χ4n) is 2.42. The predicted molar refractivity (Wildman–Crippen MR) is 83.8 cm³/mol. The van der Waals surface area contributed by atoms with E-state index >= 15 is 0 Å². The van der Waals surface area contributed by atoms with E-state index in [4.69, 9.17) is 14.2 Å². The number of para-hydroxylation sites is 1. The molecule has 0 aliphatic carbocycles. The van der Waals surface area contributed by atoms with Gasteiger partial charge in [-0.15, -0.1) is 0 Å². The van der Waals surface area contributed by atoms with Gasteiger partial charge in [-0.2, -0.15) is 0 Å². The molecule has 6 heteroatoms. The Morgan fingerprint density at radius 2 is 2.13 bits per heavy atom. The first kappa shape index (κ1) is 15.9. The van der Waals surface area contributed by atoms with Gasteiger partial charge in [0.15, 0.2) is 11.6 Å². The molecule has 2 heterocycles. The summed E-state index contributed by atoms with van der Waals surface area (Å²) >= 11 is 0. The van der Waals surface area contributed by atoms with Gasteiger partial charge in [-0.3, -0.25) is 0 Å². The third-order valence-electron chi connectivity index (χ3n) is 3.50. The summed E-state index contributed by atoms with van der Waals surface area (Å²) in [4.78, 5) is 8.59. The molecule has 0 spiro atoms. The number of aliphatic hydroxyl groups excluding tert-OH is 1. The number of rotatable bonds is 5. The Kier molecular flexibility index (Phi) is 4.56. The third kappa shape index (κ3) is 3.85. The molecule has 1 N–H and O–H groups in total. The molecule has 1 aromatic heterocycles. The number of nitrogens with zero attached hydrogens (tertiary/aromatic N) is 2. The van der Waals surface area contributed by atoms with E-state index in [0.717, 1.165) is 5.56 Å². The molecule has 1 unspecified atom stereocenters. The Balaban J connectivity index is 1.75. The van der Waals surface area contributed by atoms with Crippen molar-refractivity contribution in [2.24, 2.45) is 0 Å². The standard InChI is InChI=1S/C17H20N2O4/c1-17(2)22-11-13(23-17)10-21-15-6-4-3-5-14(15)16-18-8-7-12(9-20)19-16/h3-8,13,20H,9-11H2,1-2H3. The van der Waals surface area contributed by atoms with Crippen LogP contribution in [0.25, 0.3) is 11.4 Å². The van der Waals surface area contributed by atoms with Crippen LogP contribution in [-0.2, 0) is 16.1 Å². The Labute approximate surface area is 135 Å². The van der Waals surface area contributed by atoms with Crippen LogP contribution < -0.4 is 4.74 Å². The number of hydrogen-bond donors (Lipinski definition) is 1. The summed E-state index contributed by atoms with van der Waals surface area (Å²) in [5.74, 6) is 0.638. The predicted octanol–water partition coefficient (Wildman–Crippen LogP) is 2.17. The van der Waals surface area contributed by atoms with Crippen molar-refractivity contribution in [1.82, 2.24) is 9.97 Å². The normalized spacial score (nSPS) is 19.7. The highest BCUT2D eigenvalue weighted by Crippen LogP contribution is 2.28. The Bertz CT molecular complexity index is 675. The lowest BCUT2D eigenvalue weighted by molar-refractivity contribution is -0.141. The first-order valence-electron chi connectivity index (χ1n) is 7.54. The van der Waals surface area contributed by atoms with E-state index in [-0.39, 0.29) is 12.7 Å². The Hall–Kier alpha value is -2.02. The second kappa shape index (κ2) is 6.62. The Morgan fingerprint density at radius 1 is 1.30 bits per heavy atom. The monoisotopic (exact) mass is 316 g/mol. The van der Waals surface area contributed by atoms with E-state index < -0.39 is 5.79 Å². The van der Waals surface area contributed by atoms with Crippen LogP contribution in [0.4, 0.5) is 0 Å². The van der Waals surface area contributed by atoms with E-state index in [1.165, 1.54) is 0 Å². The summed E-state index contributed by atoms with van der Waals surface area (Å²) in [6, 6.07) is 9.23. The van der Waals surface area contributed by atoms with Crippen LogP contribution in [0.3, 0.4) is 0 Å². The summed E-state index contributed by atoms with van der Waals surface area (Å²) in [7, 11) is 0. The van der Waals surface area contributed by atoms with Crippen LogP contribution in [0.1, 0.15) is 19.5 Å². The molecule has 122 valence electrons. The molecule has 3 rings (SSSR count). The van der Waals surface area contributed by atoms with Gasteiger partial charge in [0.2, 0.25) is 0 Å². The third-order valence-corrected chi connectivity index (χ3v) is 3.50. The van der Waals surface area contributed by atoms with Crippen molar-refractivity contribution in [3.63, 3.8) is 0 Å². The lowest BCUT2D eigenvalue weighted by Gasteiger charge is -2.18. The average molecular weight is 316 g/mol. The van der Waals surface area contributed by atoms with Crippen molar-refractivity contribution < 1.29 is 19.3 Å². The molecule has 0 radical (unpaired) electrons. The second-order valence-corrected chi connectivity index (χ2v) is 5.79. The summed E-state index contributed by atoms with van der Waals surface area (Å²) < 4.78 is 17.2. The summed E-state index contributed by atoms with van der Waals surface area (Å²) in [5, 5.41) is 9.22. The van der Waals surface area contributed by atoms with Gasteiger partial charge < -0.3 is 19.3 Å². The molecular weight excluding hydrogens is 296 g/mol. The number of aliphatic hydroxyl groups is 1. The van der Waals surface area contributed by atoms with Crippen molar-refractivity contribution in [2.75, 3.05) is 13.2 Å². The molecule has 0 amide bonds. The van der Waals surface area contributed by atoms with E-state index in [1.807, 2.05) is 38.1 Å². The van der Waals surface area contributed by atoms with E-state index in [0.29, 0.717) is 30.5 Å². The minimum Gasteiger partial charge on any atom is -0.490 e. The van der Waals surface area contributed by atoms with Crippen LogP contribution >= 0.6 is 0 Å². The molecule has 2 aromatic rings. The van der Waals surface area contributed by atoms with Crippen molar-refractivity contribution in [3.8, 4) is 17.1 Å². The van der Waals surface area contributed by atoms with Crippen molar-refractivity contribution in [3.05, 3.63) is 42.2 Å². The molecule has 0 bridgehead atoms. The molecule has 1 aliphatic heterocycles. The quantitative estimate of drug-likeness (QED) is 0.911. The highest BCUT2D eigenvalue weighted by molar-refractivity contribution is 5.63. The Morgan fingerprint density at radius 3 is 2.87 bits per heavy atom. The van der Waals surface area contributed by atoms with Crippen molar-refractivity contribution in [2.45, 2.75) is 32.3 Å². The summed E-state index contributed by atoms with van der Waals surface area (Å²) in [6.07, 6.45) is 1.52. The molecule has 1 atom stereocenters. The number of ether oxygens (including phenoxy) is 3. The highest BCUT2D eigenvalue weighted by atomic mass is 16.7. The minimum absolute atomic E-state index is 0.109. The topological polar surface area (TPSA) is 73.7 Å². The highest BCUT2D eigenvalue weighted by Gasteiger charge is 2.33. The average Bonchev–Trinajstić information content (AvgIpc) is 2.92. The van der Waals surface area contributed by atoms with Gasteiger partial charge in [-0.1, -0.05) is 12.1 Å². The smallest absolute Gasteiger partial charge is 0.163 e. The fraction of sp³-hybridized carbons (Fsp3) is 0.412. The molecule has 1 aromatic carbocycles. The van der Waals surface area contributed by atoms with Crippen LogP contribution in [0, 0.1) is 0 Å². The molecule has 1 saturated heterocycles. The van der Waals surface area contributed by atoms with Gasteiger partial charge in [0.25, 0.3) is 0 Å². The van der Waals surface area contributed by atoms with Gasteiger partial charge >= 0.3 is 0 Å². The second-order valence-electron chi connectivity index (χ2n) is 5.79. The molecule has 1 fully saturated rings. The maximum Gasteiger partial charge on any atom is 0.163 e. The van der Waals surface area contributed by atoms with E-state index in [9.17, 15) is 5.11 Å². The van der Waals surface area contributed by atoms with Crippen molar-refractivity contribution >= 4 is 0 Å². The maximum atomic E-state index is 9.22. The number of benzene rings is 1. The SMILES string of the molecule is CC1(C)OCC(COc2ccccc2-c2nccc(CO)n2)O1. The van der Waals surface area contributed by atoms with Gasteiger partial charge in [-0.05, 0) is 32.0 Å². The molecule has 0 saturated carbocycles. The number of hydrogen-bond acceptors (Lipinski definition) is 6. The molecule has 6 nitrogen and oxygen atoms in total. The van der Waals surface area contributed by atoms with Gasteiger partial charge in [0.1, 0.15) is 18.5 Å². The van der Waals surface area contributed by atoms with Crippen molar-refractivity contribution in [1.29, 1.82) is 0 Å². The maximum absolute atomic E-state index is 9.22. The van der Waals surface area contributed by atoms with Gasteiger partial charge in [0, 0.05) is 6.20 Å².